The molecule has 1 N–H and O–H groups in total. The summed E-state index contributed by atoms with van der Waals surface area (Å²) in [6.07, 6.45) is 4.72. The predicted octanol–water partition coefficient (Wildman–Crippen LogP) is 2.81. The van der Waals surface area contributed by atoms with Crippen LogP contribution in [0.15, 0.2) is 53.3 Å². The molecule has 146 valence electrons. The Balaban J connectivity index is 1.34. The number of carbonyl (C=O) groups excluding carboxylic acids is 1. The fraction of sp³-hybridized carbons (Fsp3) is 0.381. The van der Waals surface area contributed by atoms with Gasteiger partial charge in [0.05, 0.1) is 12.3 Å². The molecule has 1 saturated heterocycles. The Morgan fingerprint density at radius 1 is 1.29 bits per heavy atom. The smallest absolute Gasteiger partial charge is 0.276 e. The molecule has 1 atom stereocenters. The van der Waals surface area contributed by atoms with E-state index in [0.29, 0.717) is 31.1 Å². The van der Waals surface area contributed by atoms with Crippen LogP contribution < -0.4 is 0 Å². The largest absolute Gasteiger partial charge is 0.388 e. The van der Waals surface area contributed by atoms with E-state index in [0.717, 1.165) is 24.0 Å². The van der Waals surface area contributed by atoms with Crippen LogP contribution in [0.3, 0.4) is 0 Å². The Bertz CT molecular complexity index is 926. The Morgan fingerprint density at radius 3 is 2.71 bits per heavy atom. The van der Waals surface area contributed by atoms with Crippen LogP contribution in [0.25, 0.3) is 0 Å². The van der Waals surface area contributed by atoms with Gasteiger partial charge in [-0.05, 0) is 36.8 Å². The SMILES string of the molecule is Cc1cnn(Cc2cc(C(=O)N3CCC(C(O)c4ccccc4)CC3)no2)c1. The highest BCUT2D eigenvalue weighted by atomic mass is 16.5. The molecule has 1 aliphatic heterocycles. The first-order valence-corrected chi connectivity index (χ1v) is 9.57. The summed E-state index contributed by atoms with van der Waals surface area (Å²) in [7, 11) is 0. The fourth-order valence-electron chi connectivity index (χ4n) is 3.70. The van der Waals surface area contributed by atoms with Crippen LogP contribution in [0.1, 0.15) is 46.3 Å². The molecule has 3 heterocycles. The van der Waals surface area contributed by atoms with Gasteiger partial charge >= 0.3 is 0 Å². The number of aliphatic hydroxyl groups is 1. The van der Waals surface area contributed by atoms with Crippen LogP contribution in [-0.2, 0) is 6.54 Å². The van der Waals surface area contributed by atoms with Crippen molar-refractivity contribution in [3.05, 3.63) is 71.4 Å². The zero-order valence-corrected chi connectivity index (χ0v) is 15.9. The summed E-state index contributed by atoms with van der Waals surface area (Å²) in [5.74, 6) is 0.627. The quantitative estimate of drug-likeness (QED) is 0.736. The van der Waals surface area contributed by atoms with Crippen molar-refractivity contribution in [3.8, 4) is 0 Å². The summed E-state index contributed by atoms with van der Waals surface area (Å²) >= 11 is 0. The van der Waals surface area contributed by atoms with Crippen LogP contribution in [0.5, 0.6) is 0 Å². The van der Waals surface area contributed by atoms with Gasteiger partial charge in [-0.2, -0.15) is 5.10 Å². The molecule has 0 spiro atoms. The summed E-state index contributed by atoms with van der Waals surface area (Å²) in [5, 5.41) is 18.7. The normalized spacial score (nSPS) is 16.3. The van der Waals surface area contributed by atoms with Crippen LogP contribution in [-0.4, -0.2) is 43.9 Å². The van der Waals surface area contributed by atoms with Crippen LogP contribution in [0, 0.1) is 12.8 Å². The first-order valence-electron chi connectivity index (χ1n) is 9.57. The van der Waals surface area contributed by atoms with E-state index in [1.54, 1.807) is 21.8 Å². The second-order valence-electron chi connectivity index (χ2n) is 7.38. The van der Waals surface area contributed by atoms with Crippen molar-refractivity contribution in [3.63, 3.8) is 0 Å². The zero-order chi connectivity index (χ0) is 19.5. The molecule has 0 bridgehead atoms. The van der Waals surface area contributed by atoms with Crippen LogP contribution in [0.2, 0.25) is 0 Å². The minimum Gasteiger partial charge on any atom is -0.388 e. The van der Waals surface area contributed by atoms with E-state index >= 15 is 0 Å². The fourth-order valence-corrected chi connectivity index (χ4v) is 3.70. The molecule has 28 heavy (non-hydrogen) atoms. The topological polar surface area (TPSA) is 84.4 Å². The maximum atomic E-state index is 12.7. The Hall–Kier alpha value is -2.93. The first-order chi connectivity index (χ1) is 13.6. The molecule has 4 rings (SSSR count). The summed E-state index contributed by atoms with van der Waals surface area (Å²) in [5.41, 5.74) is 2.32. The van der Waals surface area contributed by atoms with Crippen molar-refractivity contribution in [2.24, 2.45) is 5.92 Å². The van der Waals surface area contributed by atoms with Crippen LogP contribution >= 0.6 is 0 Å². The van der Waals surface area contributed by atoms with Crippen LogP contribution in [0.4, 0.5) is 0 Å². The van der Waals surface area contributed by atoms with Gasteiger partial charge in [0.25, 0.3) is 5.91 Å². The molecule has 1 aliphatic rings. The minimum absolute atomic E-state index is 0.126. The number of aromatic nitrogens is 3. The summed E-state index contributed by atoms with van der Waals surface area (Å²) in [4.78, 5) is 14.5. The standard InChI is InChI=1S/C21H24N4O3/c1-15-12-22-25(13-15)14-18-11-19(23-28-18)21(27)24-9-7-17(8-10-24)20(26)16-5-3-2-4-6-16/h2-6,11-13,17,20,26H,7-10,14H2,1H3. The number of aryl methyl sites for hydroxylation is 1. The molecule has 1 fully saturated rings. The number of hydrogen-bond acceptors (Lipinski definition) is 5. The first kappa shape index (κ1) is 18.4. The second-order valence-corrected chi connectivity index (χ2v) is 7.38. The lowest BCUT2D eigenvalue weighted by Gasteiger charge is -2.34. The average molecular weight is 380 g/mol. The van der Waals surface area contributed by atoms with E-state index in [4.69, 9.17) is 4.52 Å². The highest BCUT2D eigenvalue weighted by Gasteiger charge is 2.29. The van der Waals surface area contributed by atoms with Crippen molar-refractivity contribution >= 4 is 5.91 Å². The number of benzene rings is 1. The zero-order valence-electron chi connectivity index (χ0n) is 15.9. The van der Waals surface area contributed by atoms with Gasteiger partial charge in [0.15, 0.2) is 11.5 Å². The number of amides is 1. The van der Waals surface area contributed by atoms with Crippen molar-refractivity contribution in [2.75, 3.05) is 13.1 Å². The lowest BCUT2D eigenvalue weighted by atomic mass is 9.87. The second kappa shape index (κ2) is 7.98. The number of nitrogens with zero attached hydrogens (tertiary/aromatic N) is 4. The van der Waals surface area contributed by atoms with Gasteiger partial charge in [0, 0.05) is 25.4 Å². The van der Waals surface area contributed by atoms with Crippen molar-refractivity contribution in [2.45, 2.75) is 32.4 Å². The maximum absolute atomic E-state index is 12.7. The number of hydrogen-bond donors (Lipinski definition) is 1. The Labute approximate surface area is 163 Å². The number of piperidine rings is 1. The Kier molecular flexibility index (Phi) is 5.25. The molecule has 2 aromatic heterocycles. The molecule has 0 radical (unpaired) electrons. The Morgan fingerprint density at radius 2 is 2.04 bits per heavy atom. The average Bonchev–Trinajstić information content (AvgIpc) is 3.37. The van der Waals surface area contributed by atoms with Crippen molar-refractivity contribution in [1.82, 2.24) is 19.8 Å². The van der Waals surface area contributed by atoms with Gasteiger partial charge < -0.3 is 14.5 Å². The number of carbonyl (C=O) groups is 1. The molecule has 0 saturated carbocycles. The van der Waals surface area contributed by atoms with E-state index in [-0.39, 0.29) is 11.8 Å². The lowest BCUT2D eigenvalue weighted by molar-refractivity contribution is 0.0456. The molecule has 1 unspecified atom stereocenters. The summed E-state index contributed by atoms with van der Waals surface area (Å²) < 4.78 is 7.06. The lowest BCUT2D eigenvalue weighted by Crippen LogP contribution is -2.39. The molecule has 1 amide bonds. The van der Waals surface area contributed by atoms with Gasteiger partial charge in [-0.15, -0.1) is 0 Å². The molecule has 1 aromatic carbocycles. The predicted molar refractivity (Wildman–Crippen MR) is 103 cm³/mol. The minimum atomic E-state index is -0.491. The number of likely N-dealkylation sites (tertiary alicyclic amines) is 1. The monoisotopic (exact) mass is 380 g/mol. The molecular formula is C21H24N4O3. The third kappa shape index (κ3) is 3.99. The van der Waals surface area contributed by atoms with Gasteiger partial charge in [0.1, 0.15) is 6.54 Å². The van der Waals surface area contributed by atoms with Gasteiger partial charge in [-0.3, -0.25) is 9.48 Å². The molecule has 7 heteroatoms. The number of rotatable bonds is 5. The van der Waals surface area contributed by atoms with E-state index in [2.05, 4.69) is 10.3 Å². The highest BCUT2D eigenvalue weighted by molar-refractivity contribution is 5.92. The van der Waals surface area contributed by atoms with E-state index < -0.39 is 6.10 Å². The van der Waals surface area contributed by atoms with Crippen molar-refractivity contribution in [1.29, 1.82) is 0 Å². The number of aliphatic hydroxyl groups excluding tert-OH is 1. The highest BCUT2D eigenvalue weighted by Crippen LogP contribution is 2.31. The van der Waals surface area contributed by atoms with Crippen molar-refractivity contribution < 1.29 is 14.4 Å². The molecule has 3 aromatic rings. The molecular weight excluding hydrogens is 356 g/mol. The third-order valence-electron chi connectivity index (χ3n) is 5.27. The van der Waals surface area contributed by atoms with E-state index in [9.17, 15) is 9.90 Å². The third-order valence-corrected chi connectivity index (χ3v) is 5.27. The summed E-state index contributed by atoms with van der Waals surface area (Å²) in [6, 6.07) is 11.4. The van der Waals surface area contributed by atoms with E-state index in [1.807, 2.05) is 43.5 Å². The molecule has 0 aliphatic carbocycles. The maximum Gasteiger partial charge on any atom is 0.276 e. The van der Waals surface area contributed by atoms with Gasteiger partial charge in [-0.1, -0.05) is 35.5 Å². The van der Waals surface area contributed by atoms with Gasteiger partial charge in [0.2, 0.25) is 0 Å². The van der Waals surface area contributed by atoms with Gasteiger partial charge in [-0.25, -0.2) is 0 Å². The van der Waals surface area contributed by atoms with E-state index in [1.165, 1.54) is 0 Å². The molecule has 7 nitrogen and oxygen atoms in total. The summed E-state index contributed by atoms with van der Waals surface area (Å²) in [6.45, 7) is 3.62.